The third-order valence-electron chi connectivity index (χ3n) is 4.30. The maximum atomic E-state index is 14.7. The van der Waals surface area contributed by atoms with Crippen LogP contribution in [-0.2, 0) is 19.1 Å². The van der Waals surface area contributed by atoms with Crippen molar-refractivity contribution in [2.45, 2.75) is 32.7 Å². The van der Waals surface area contributed by atoms with Crippen LogP contribution in [0.1, 0.15) is 37.0 Å². The van der Waals surface area contributed by atoms with Gasteiger partial charge in [0.05, 0.1) is 33.5 Å². The molecule has 0 aliphatic carbocycles. The maximum Gasteiger partial charge on any atom is 0.328 e. The minimum Gasteiger partial charge on any atom is -0.481 e. The molecule has 2 aromatic rings. The second-order valence-corrected chi connectivity index (χ2v) is 6.57. The van der Waals surface area contributed by atoms with E-state index >= 15 is 0 Å². The highest BCUT2D eigenvalue weighted by Gasteiger charge is 2.27. The molecule has 1 unspecified atom stereocenters. The van der Waals surface area contributed by atoms with Gasteiger partial charge in [-0.3, -0.25) is 9.59 Å². The first-order chi connectivity index (χ1) is 16.3. The van der Waals surface area contributed by atoms with E-state index in [2.05, 4.69) is 15.3 Å². The number of methoxy groups -OCH3 is 2. The minimum atomic E-state index is -1.22. The number of amides is 1. The Morgan fingerprint density at radius 2 is 1.68 bits per heavy atom. The second-order valence-electron chi connectivity index (χ2n) is 6.57. The molecule has 2 rings (SSSR count). The molecule has 11 nitrogen and oxygen atoms in total. The molecule has 34 heavy (non-hydrogen) atoms. The molecule has 1 aromatic carbocycles. The molecule has 184 valence electrons. The van der Waals surface area contributed by atoms with E-state index in [1.165, 1.54) is 32.4 Å². The summed E-state index contributed by atoms with van der Waals surface area (Å²) in [6, 6.07) is 3.61. The van der Waals surface area contributed by atoms with Crippen LogP contribution in [0, 0.1) is 5.82 Å². The molecular formula is C22H26FN3O8. The van der Waals surface area contributed by atoms with E-state index in [0.717, 1.165) is 6.07 Å². The van der Waals surface area contributed by atoms with E-state index in [1.807, 2.05) is 0 Å². The molecule has 0 saturated carbocycles. The zero-order chi connectivity index (χ0) is 25.1. The smallest absolute Gasteiger partial charge is 0.328 e. The fraction of sp³-hybridized carbons (Fsp3) is 0.409. The van der Waals surface area contributed by atoms with E-state index in [0.29, 0.717) is 0 Å². The highest BCUT2D eigenvalue weighted by Crippen LogP contribution is 2.28. The van der Waals surface area contributed by atoms with Crippen molar-refractivity contribution in [3.63, 3.8) is 0 Å². The van der Waals surface area contributed by atoms with Crippen LogP contribution in [0.25, 0.3) is 0 Å². The first-order valence-electron chi connectivity index (χ1n) is 10.4. The molecule has 0 fully saturated rings. The molecule has 0 bridgehead atoms. The molecule has 1 atom stereocenters. The highest BCUT2D eigenvalue weighted by atomic mass is 19.1. The summed E-state index contributed by atoms with van der Waals surface area (Å²) in [6.07, 6.45) is -0.264. The number of ether oxygens (including phenoxy) is 5. The number of carbonyl (C=O) groups excluding carboxylic acids is 3. The van der Waals surface area contributed by atoms with Gasteiger partial charge >= 0.3 is 17.9 Å². The molecule has 1 heterocycles. The van der Waals surface area contributed by atoms with Crippen LogP contribution in [0.4, 0.5) is 4.39 Å². The summed E-state index contributed by atoms with van der Waals surface area (Å²) in [5.41, 5.74) is -0.502. The lowest BCUT2D eigenvalue weighted by molar-refractivity contribution is -0.146. The minimum absolute atomic E-state index is 0.0493. The zero-order valence-corrected chi connectivity index (χ0v) is 19.3. The van der Waals surface area contributed by atoms with Crippen LogP contribution in [0.15, 0.2) is 24.3 Å². The lowest BCUT2D eigenvalue weighted by Gasteiger charge is -2.18. The van der Waals surface area contributed by atoms with Gasteiger partial charge in [-0.25, -0.2) is 9.18 Å². The van der Waals surface area contributed by atoms with Gasteiger partial charge in [-0.1, -0.05) is 6.07 Å². The van der Waals surface area contributed by atoms with Crippen LogP contribution in [0.3, 0.4) is 0 Å². The quantitative estimate of drug-likeness (QED) is 0.452. The topological polar surface area (TPSA) is 135 Å². The molecule has 0 radical (unpaired) electrons. The molecule has 0 saturated heterocycles. The zero-order valence-electron chi connectivity index (χ0n) is 19.3. The van der Waals surface area contributed by atoms with Crippen molar-refractivity contribution in [1.29, 1.82) is 0 Å². The van der Waals surface area contributed by atoms with Crippen molar-refractivity contribution in [3.05, 3.63) is 35.6 Å². The molecule has 0 aliphatic rings. The Bertz CT molecular complexity index is 995. The first kappa shape index (κ1) is 26.3. The summed E-state index contributed by atoms with van der Waals surface area (Å²) >= 11 is 0. The van der Waals surface area contributed by atoms with Crippen LogP contribution in [0.2, 0.25) is 0 Å². The number of nitrogens with zero attached hydrogens (tertiary/aromatic N) is 2. The lowest BCUT2D eigenvalue weighted by Crippen LogP contribution is -2.42. The Labute approximate surface area is 195 Å². The van der Waals surface area contributed by atoms with Crippen molar-refractivity contribution >= 4 is 17.8 Å². The standard InChI is InChI=1S/C22H26FN3O8/c1-5-32-18(27)11-10-14(21(29)33-6-2)24-20(28)19-13(23)8-7-9-15(19)34-22-25-16(30-3)12-17(26-22)31-4/h7-9,12,14H,5-6,10-11H2,1-4H3,(H,24,28). The molecular weight excluding hydrogens is 453 g/mol. The molecule has 0 spiro atoms. The third kappa shape index (κ3) is 7.29. The van der Waals surface area contributed by atoms with Gasteiger partial charge in [0, 0.05) is 6.42 Å². The van der Waals surface area contributed by atoms with Crippen LogP contribution in [-0.4, -0.2) is 61.3 Å². The Morgan fingerprint density at radius 3 is 2.26 bits per heavy atom. The third-order valence-corrected chi connectivity index (χ3v) is 4.30. The fourth-order valence-electron chi connectivity index (χ4n) is 2.76. The average molecular weight is 479 g/mol. The summed E-state index contributed by atoms with van der Waals surface area (Å²) < 4.78 is 40.1. The van der Waals surface area contributed by atoms with E-state index < -0.39 is 35.3 Å². The van der Waals surface area contributed by atoms with Crippen LogP contribution >= 0.6 is 0 Å². The van der Waals surface area contributed by atoms with Crippen molar-refractivity contribution < 1.29 is 42.5 Å². The van der Waals surface area contributed by atoms with Gasteiger partial charge in [-0.2, -0.15) is 9.97 Å². The Morgan fingerprint density at radius 1 is 1.03 bits per heavy atom. The molecule has 1 amide bonds. The van der Waals surface area contributed by atoms with Crippen molar-refractivity contribution in [2.24, 2.45) is 0 Å². The highest BCUT2D eigenvalue weighted by molar-refractivity contribution is 5.99. The Balaban J connectivity index is 2.30. The number of aromatic nitrogens is 2. The van der Waals surface area contributed by atoms with Gasteiger partial charge in [0.2, 0.25) is 11.8 Å². The van der Waals surface area contributed by atoms with E-state index in [9.17, 15) is 18.8 Å². The number of hydrogen-bond acceptors (Lipinski definition) is 10. The van der Waals surface area contributed by atoms with Gasteiger partial charge in [0.1, 0.15) is 23.2 Å². The average Bonchev–Trinajstić information content (AvgIpc) is 2.81. The number of hydrogen-bond donors (Lipinski definition) is 1. The van der Waals surface area contributed by atoms with E-state index in [4.69, 9.17) is 23.7 Å². The van der Waals surface area contributed by atoms with Gasteiger partial charge in [0.25, 0.3) is 5.91 Å². The van der Waals surface area contributed by atoms with Gasteiger partial charge in [0.15, 0.2) is 0 Å². The normalized spacial score (nSPS) is 11.2. The summed E-state index contributed by atoms with van der Waals surface area (Å²) in [7, 11) is 2.75. The van der Waals surface area contributed by atoms with Gasteiger partial charge < -0.3 is 29.0 Å². The SMILES string of the molecule is CCOC(=O)CCC(NC(=O)c1c(F)cccc1Oc1nc(OC)cc(OC)n1)C(=O)OCC. The number of benzene rings is 1. The molecule has 0 aliphatic heterocycles. The number of esters is 2. The number of nitrogens with one attached hydrogen (secondary N) is 1. The predicted molar refractivity (Wildman–Crippen MR) is 115 cm³/mol. The first-order valence-corrected chi connectivity index (χ1v) is 10.4. The summed E-state index contributed by atoms with van der Waals surface area (Å²) in [5, 5.41) is 2.40. The predicted octanol–water partition coefficient (Wildman–Crippen LogP) is 2.43. The summed E-state index contributed by atoms with van der Waals surface area (Å²) in [5.74, 6) is -3.20. The van der Waals surface area contributed by atoms with Crippen molar-refractivity contribution in [3.8, 4) is 23.5 Å². The van der Waals surface area contributed by atoms with E-state index in [-0.39, 0.29) is 49.6 Å². The largest absolute Gasteiger partial charge is 0.481 e. The molecule has 1 aromatic heterocycles. The molecule has 12 heteroatoms. The fourth-order valence-corrected chi connectivity index (χ4v) is 2.76. The summed E-state index contributed by atoms with van der Waals surface area (Å²) in [4.78, 5) is 45.0. The van der Waals surface area contributed by atoms with E-state index in [1.54, 1.807) is 13.8 Å². The number of carbonyl (C=O) groups is 3. The van der Waals surface area contributed by atoms with Crippen molar-refractivity contribution in [2.75, 3.05) is 27.4 Å². The van der Waals surface area contributed by atoms with Gasteiger partial charge in [-0.05, 0) is 32.4 Å². The van der Waals surface area contributed by atoms with Crippen LogP contribution in [0.5, 0.6) is 23.5 Å². The Kier molecular flexibility index (Phi) is 9.99. The monoisotopic (exact) mass is 479 g/mol. The second kappa shape index (κ2) is 12.9. The number of halogens is 1. The molecule has 1 N–H and O–H groups in total. The van der Waals surface area contributed by atoms with Gasteiger partial charge in [-0.15, -0.1) is 0 Å². The summed E-state index contributed by atoms with van der Waals surface area (Å²) in [6.45, 7) is 3.45. The number of rotatable bonds is 12. The van der Waals surface area contributed by atoms with Crippen molar-refractivity contribution in [1.82, 2.24) is 15.3 Å². The van der Waals surface area contributed by atoms with Crippen LogP contribution < -0.4 is 19.5 Å². The lowest BCUT2D eigenvalue weighted by atomic mass is 10.1. The Hall–Kier alpha value is -3.96. The maximum absolute atomic E-state index is 14.7.